The Morgan fingerprint density at radius 2 is 1.55 bits per heavy atom. The van der Waals surface area contributed by atoms with Crippen molar-refractivity contribution in [3.63, 3.8) is 0 Å². The van der Waals surface area contributed by atoms with Gasteiger partial charge in [-0.05, 0) is 47.4 Å². The minimum Gasteiger partial charge on any atom is -0.481 e. The number of alkyl carbamates (subject to hydrolysis) is 1. The summed E-state index contributed by atoms with van der Waals surface area (Å²) in [5.74, 6) is -1.15. The Bertz CT molecular complexity index is 958. The van der Waals surface area contributed by atoms with Gasteiger partial charge in [0.25, 0.3) is 0 Å². The van der Waals surface area contributed by atoms with Crippen molar-refractivity contribution in [2.45, 2.75) is 45.6 Å². The van der Waals surface area contributed by atoms with Gasteiger partial charge >= 0.3 is 12.1 Å². The molecule has 1 aliphatic carbocycles. The van der Waals surface area contributed by atoms with Crippen molar-refractivity contribution in [1.29, 1.82) is 0 Å². The molecule has 0 heterocycles. The number of fused-ring (bicyclic) bond motifs is 3. The Hall–Kier alpha value is -3.35. The van der Waals surface area contributed by atoms with Gasteiger partial charge in [-0.1, -0.05) is 62.4 Å². The van der Waals surface area contributed by atoms with Gasteiger partial charge in [0.05, 0.1) is 0 Å². The highest BCUT2D eigenvalue weighted by atomic mass is 16.5. The van der Waals surface area contributed by atoms with Crippen LogP contribution in [0.2, 0.25) is 0 Å². The maximum absolute atomic E-state index is 12.4. The van der Waals surface area contributed by atoms with Crippen LogP contribution in [0.1, 0.15) is 50.7 Å². The van der Waals surface area contributed by atoms with Crippen molar-refractivity contribution in [2.24, 2.45) is 11.8 Å². The molecule has 33 heavy (non-hydrogen) atoms. The normalized spacial score (nSPS) is 14.2. The first kappa shape index (κ1) is 24.3. The third kappa shape index (κ3) is 6.34. The molecule has 3 N–H and O–H groups in total. The van der Waals surface area contributed by atoms with E-state index in [9.17, 15) is 14.4 Å². The van der Waals surface area contributed by atoms with E-state index in [4.69, 9.17) is 9.84 Å². The highest BCUT2D eigenvalue weighted by Crippen LogP contribution is 2.44. The molecule has 1 aliphatic rings. The Morgan fingerprint density at radius 1 is 0.970 bits per heavy atom. The number of aliphatic carboxylic acids is 1. The first-order valence-electron chi connectivity index (χ1n) is 11.4. The lowest BCUT2D eigenvalue weighted by atomic mass is 9.94. The van der Waals surface area contributed by atoms with Gasteiger partial charge in [-0.2, -0.15) is 0 Å². The molecule has 0 radical (unpaired) electrons. The van der Waals surface area contributed by atoms with Crippen LogP contribution in [0.5, 0.6) is 0 Å². The lowest BCUT2D eigenvalue weighted by Gasteiger charge is -2.20. The molecule has 2 aromatic carbocycles. The monoisotopic (exact) mass is 452 g/mol. The number of nitrogens with one attached hydrogen (secondary N) is 2. The maximum atomic E-state index is 12.4. The van der Waals surface area contributed by atoms with Gasteiger partial charge in [-0.25, -0.2) is 4.79 Å². The molecule has 0 saturated heterocycles. The molecule has 2 amide bonds. The number of hydrogen-bond acceptors (Lipinski definition) is 4. The fraction of sp³-hybridized carbons (Fsp3) is 0.423. The molecule has 176 valence electrons. The van der Waals surface area contributed by atoms with E-state index in [-0.39, 0.29) is 37.3 Å². The first-order chi connectivity index (χ1) is 15.8. The van der Waals surface area contributed by atoms with Crippen LogP contribution in [0.4, 0.5) is 4.79 Å². The maximum Gasteiger partial charge on any atom is 0.407 e. The number of ether oxygens (including phenoxy) is 1. The molecular formula is C26H32N2O5. The van der Waals surface area contributed by atoms with E-state index in [1.165, 1.54) is 0 Å². The van der Waals surface area contributed by atoms with Crippen LogP contribution in [-0.2, 0) is 14.3 Å². The predicted octanol–water partition coefficient (Wildman–Crippen LogP) is 4.17. The zero-order valence-corrected chi connectivity index (χ0v) is 19.3. The van der Waals surface area contributed by atoms with Crippen molar-refractivity contribution in [3.05, 3.63) is 59.7 Å². The van der Waals surface area contributed by atoms with Crippen LogP contribution in [0, 0.1) is 11.8 Å². The molecule has 0 spiro atoms. The highest BCUT2D eigenvalue weighted by Gasteiger charge is 2.29. The van der Waals surface area contributed by atoms with Crippen molar-refractivity contribution < 1.29 is 24.2 Å². The third-order valence-corrected chi connectivity index (χ3v) is 5.90. The Kier molecular flexibility index (Phi) is 8.09. The quantitative estimate of drug-likeness (QED) is 0.502. The van der Waals surface area contributed by atoms with Gasteiger partial charge in [0.15, 0.2) is 0 Å². The summed E-state index contributed by atoms with van der Waals surface area (Å²) in [6.45, 7) is 6.02. The van der Waals surface area contributed by atoms with Crippen LogP contribution in [0.25, 0.3) is 11.1 Å². The van der Waals surface area contributed by atoms with E-state index in [1.807, 2.05) is 50.2 Å². The molecule has 0 bridgehead atoms. The molecule has 7 nitrogen and oxygen atoms in total. The molecule has 1 unspecified atom stereocenters. The van der Waals surface area contributed by atoms with Gasteiger partial charge in [-0.15, -0.1) is 0 Å². The van der Waals surface area contributed by atoms with Crippen LogP contribution >= 0.6 is 0 Å². The second-order valence-electron chi connectivity index (χ2n) is 9.03. The Balaban J connectivity index is 1.51. The summed E-state index contributed by atoms with van der Waals surface area (Å²) in [6.07, 6.45) is 0.0247. The molecular weight excluding hydrogens is 420 g/mol. The summed E-state index contributed by atoms with van der Waals surface area (Å²) in [7, 11) is 0. The van der Waals surface area contributed by atoms with E-state index < -0.39 is 18.1 Å². The second-order valence-corrected chi connectivity index (χ2v) is 9.03. The van der Waals surface area contributed by atoms with E-state index in [0.717, 1.165) is 22.3 Å². The zero-order chi connectivity index (χ0) is 24.0. The molecule has 0 aromatic heterocycles. The van der Waals surface area contributed by atoms with E-state index >= 15 is 0 Å². The first-order valence-corrected chi connectivity index (χ1v) is 11.4. The van der Waals surface area contributed by atoms with Gasteiger partial charge in [-0.3, -0.25) is 9.59 Å². The van der Waals surface area contributed by atoms with Gasteiger partial charge < -0.3 is 20.5 Å². The van der Waals surface area contributed by atoms with Gasteiger partial charge in [0, 0.05) is 18.9 Å². The van der Waals surface area contributed by atoms with E-state index in [0.29, 0.717) is 12.3 Å². The minimum absolute atomic E-state index is 0.00729. The Morgan fingerprint density at radius 3 is 2.09 bits per heavy atom. The number of carbonyl (C=O) groups is 3. The average Bonchev–Trinajstić information content (AvgIpc) is 3.09. The number of benzene rings is 2. The smallest absolute Gasteiger partial charge is 0.407 e. The van der Waals surface area contributed by atoms with Crippen LogP contribution in [0.15, 0.2) is 48.5 Å². The number of carboxylic acids is 1. The fourth-order valence-corrected chi connectivity index (χ4v) is 4.43. The number of rotatable bonds is 10. The van der Waals surface area contributed by atoms with Crippen LogP contribution in [-0.4, -0.2) is 42.3 Å². The van der Waals surface area contributed by atoms with Gasteiger partial charge in [0.2, 0.25) is 5.91 Å². The van der Waals surface area contributed by atoms with Crippen LogP contribution < -0.4 is 10.6 Å². The number of amides is 2. The number of carboxylic acid groups (broad SMARTS) is 1. The summed E-state index contributed by atoms with van der Waals surface area (Å²) in [6, 6.07) is 15.4. The van der Waals surface area contributed by atoms with Crippen molar-refractivity contribution >= 4 is 18.0 Å². The predicted molar refractivity (Wildman–Crippen MR) is 126 cm³/mol. The molecule has 0 aliphatic heterocycles. The van der Waals surface area contributed by atoms with Crippen molar-refractivity contribution in [3.8, 4) is 11.1 Å². The van der Waals surface area contributed by atoms with Crippen LogP contribution in [0.3, 0.4) is 0 Å². The lowest BCUT2D eigenvalue weighted by molar-refractivity contribution is -0.138. The summed E-state index contributed by atoms with van der Waals surface area (Å²) in [5.41, 5.74) is 4.53. The summed E-state index contributed by atoms with van der Waals surface area (Å²) >= 11 is 0. The Labute approximate surface area is 194 Å². The summed E-state index contributed by atoms with van der Waals surface area (Å²) in [4.78, 5) is 35.9. The molecule has 2 atom stereocenters. The molecule has 2 aromatic rings. The minimum atomic E-state index is -0.889. The molecule has 0 fully saturated rings. The topological polar surface area (TPSA) is 105 Å². The molecule has 7 heteroatoms. The molecule has 0 saturated carbocycles. The average molecular weight is 453 g/mol. The fourth-order valence-electron chi connectivity index (χ4n) is 4.43. The number of hydrogen-bond donors (Lipinski definition) is 3. The zero-order valence-electron chi connectivity index (χ0n) is 19.3. The lowest BCUT2D eigenvalue weighted by Crippen LogP contribution is -2.46. The van der Waals surface area contributed by atoms with Crippen molar-refractivity contribution in [2.75, 3.05) is 13.2 Å². The van der Waals surface area contributed by atoms with E-state index in [1.54, 1.807) is 6.92 Å². The standard InChI is InChI=1S/C26H32N2O5/c1-16(2)12-18(13-24(29)30)14-27-25(31)17(3)28-26(32)33-15-23-21-10-6-4-8-19(21)20-9-5-7-11-22(20)23/h4-11,16-18,23H,12-15H2,1-3H3,(H,27,31)(H,28,32)(H,29,30)/t17?,18-/m0/s1. The van der Waals surface area contributed by atoms with Gasteiger partial charge in [0.1, 0.15) is 12.6 Å². The largest absolute Gasteiger partial charge is 0.481 e. The summed E-state index contributed by atoms with van der Waals surface area (Å²) in [5, 5.41) is 14.4. The summed E-state index contributed by atoms with van der Waals surface area (Å²) < 4.78 is 5.48. The number of carbonyl (C=O) groups excluding carboxylic acids is 2. The van der Waals surface area contributed by atoms with Crippen molar-refractivity contribution in [1.82, 2.24) is 10.6 Å². The SMILES string of the molecule is CC(C)C[C@H](CNC(=O)C(C)NC(=O)OCC1c2ccccc2-c2ccccc21)CC(=O)O. The van der Waals surface area contributed by atoms with E-state index in [2.05, 4.69) is 22.8 Å². The highest BCUT2D eigenvalue weighted by molar-refractivity contribution is 5.85. The third-order valence-electron chi connectivity index (χ3n) is 5.90. The second kappa shape index (κ2) is 11.0. The molecule has 3 rings (SSSR count).